The number of hydrogen-bond donors (Lipinski definition) is 0. The van der Waals surface area contributed by atoms with Crippen molar-refractivity contribution in [2.24, 2.45) is 5.92 Å². The van der Waals surface area contributed by atoms with Crippen LogP contribution in [0.2, 0.25) is 0 Å². The van der Waals surface area contributed by atoms with Crippen molar-refractivity contribution < 1.29 is 9.72 Å². The third kappa shape index (κ3) is 4.70. The Morgan fingerprint density at radius 2 is 2.05 bits per heavy atom. The number of non-ortho nitro benzene ring substituents is 1. The first-order chi connectivity index (χ1) is 10.1. The zero-order chi connectivity index (χ0) is 15.2. The van der Waals surface area contributed by atoms with Crippen molar-refractivity contribution in [2.75, 3.05) is 13.1 Å². The Labute approximate surface area is 124 Å². The SMILES string of the molecule is CCCN(CC1CC1)C(=O)/C=C/c1ccc([N+](=O)[O-])cc1. The van der Waals surface area contributed by atoms with Crippen molar-refractivity contribution in [3.63, 3.8) is 0 Å². The number of nitro groups is 1. The second-order valence-corrected chi connectivity index (χ2v) is 5.41. The van der Waals surface area contributed by atoms with E-state index in [9.17, 15) is 14.9 Å². The fourth-order valence-electron chi connectivity index (χ4n) is 2.15. The van der Waals surface area contributed by atoms with Crippen LogP contribution in [0.4, 0.5) is 5.69 Å². The summed E-state index contributed by atoms with van der Waals surface area (Å²) in [5, 5.41) is 10.6. The fraction of sp³-hybridized carbons (Fsp3) is 0.438. The molecule has 0 spiro atoms. The molecule has 112 valence electrons. The van der Waals surface area contributed by atoms with E-state index < -0.39 is 4.92 Å². The van der Waals surface area contributed by atoms with Crippen LogP contribution in [0.25, 0.3) is 6.08 Å². The monoisotopic (exact) mass is 288 g/mol. The molecule has 0 radical (unpaired) electrons. The number of nitrogens with zero attached hydrogens (tertiary/aromatic N) is 2. The van der Waals surface area contributed by atoms with Gasteiger partial charge in [-0.25, -0.2) is 0 Å². The minimum absolute atomic E-state index is 0.0158. The van der Waals surface area contributed by atoms with Gasteiger partial charge in [0.2, 0.25) is 5.91 Å². The van der Waals surface area contributed by atoms with Gasteiger partial charge in [0.15, 0.2) is 0 Å². The molecule has 0 unspecified atom stereocenters. The van der Waals surface area contributed by atoms with Gasteiger partial charge in [-0.05, 0) is 49.0 Å². The highest BCUT2D eigenvalue weighted by Crippen LogP contribution is 2.29. The molecular formula is C16H20N2O3. The van der Waals surface area contributed by atoms with E-state index in [2.05, 4.69) is 6.92 Å². The van der Waals surface area contributed by atoms with Gasteiger partial charge in [-0.2, -0.15) is 0 Å². The van der Waals surface area contributed by atoms with Crippen LogP contribution >= 0.6 is 0 Å². The van der Waals surface area contributed by atoms with E-state index in [0.717, 1.165) is 25.1 Å². The molecule has 0 N–H and O–H groups in total. The van der Waals surface area contributed by atoms with E-state index >= 15 is 0 Å². The quantitative estimate of drug-likeness (QED) is 0.439. The summed E-state index contributed by atoms with van der Waals surface area (Å²) in [5.74, 6) is 0.690. The molecule has 1 aliphatic rings. The van der Waals surface area contributed by atoms with Crippen LogP contribution in [0, 0.1) is 16.0 Å². The Kier molecular flexibility index (Phi) is 5.09. The van der Waals surface area contributed by atoms with E-state index in [1.54, 1.807) is 24.3 Å². The molecule has 1 amide bonds. The third-order valence-corrected chi connectivity index (χ3v) is 3.50. The summed E-state index contributed by atoms with van der Waals surface area (Å²) in [4.78, 5) is 24.2. The van der Waals surface area contributed by atoms with Crippen LogP contribution in [-0.2, 0) is 4.79 Å². The molecule has 1 aliphatic carbocycles. The molecule has 1 saturated carbocycles. The van der Waals surface area contributed by atoms with Crippen molar-refractivity contribution in [2.45, 2.75) is 26.2 Å². The molecule has 0 aromatic heterocycles. The molecule has 1 aromatic rings. The number of carbonyl (C=O) groups is 1. The summed E-state index contributed by atoms with van der Waals surface area (Å²) in [6, 6.07) is 6.18. The van der Waals surface area contributed by atoms with Crippen LogP contribution in [0.1, 0.15) is 31.7 Å². The predicted molar refractivity (Wildman–Crippen MR) is 81.7 cm³/mol. The van der Waals surface area contributed by atoms with Crippen molar-refractivity contribution in [3.8, 4) is 0 Å². The Morgan fingerprint density at radius 1 is 1.38 bits per heavy atom. The highest BCUT2D eigenvalue weighted by atomic mass is 16.6. The van der Waals surface area contributed by atoms with E-state index in [4.69, 9.17) is 0 Å². The molecule has 0 bridgehead atoms. The van der Waals surface area contributed by atoms with Gasteiger partial charge in [0.1, 0.15) is 0 Å². The van der Waals surface area contributed by atoms with Crippen molar-refractivity contribution in [1.29, 1.82) is 0 Å². The first kappa shape index (κ1) is 15.2. The van der Waals surface area contributed by atoms with Gasteiger partial charge in [-0.3, -0.25) is 14.9 Å². The number of benzene rings is 1. The van der Waals surface area contributed by atoms with Gasteiger partial charge in [-0.1, -0.05) is 6.92 Å². The molecule has 0 saturated heterocycles. The molecule has 1 fully saturated rings. The van der Waals surface area contributed by atoms with Crippen molar-refractivity contribution in [3.05, 3.63) is 46.0 Å². The third-order valence-electron chi connectivity index (χ3n) is 3.50. The van der Waals surface area contributed by atoms with Crippen molar-refractivity contribution in [1.82, 2.24) is 4.90 Å². The lowest BCUT2D eigenvalue weighted by Gasteiger charge is -2.20. The maximum absolute atomic E-state index is 12.2. The molecule has 0 atom stereocenters. The van der Waals surface area contributed by atoms with Crippen molar-refractivity contribution >= 4 is 17.7 Å². The van der Waals surface area contributed by atoms with Crippen LogP contribution in [0.5, 0.6) is 0 Å². The minimum atomic E-state index is -0.433. The molecule has 2 rings (SSSR count). The molecule has 5 heteroatoms. The van der Waals surface area contributed by atoms with Gasteiger partial charge < -0.3 is 4.90 Å². The maximum atomic E-state index is 12.2. The second-order valence-electron chi connectivity index (χ2n) is 5.41. The summed E-state index contributed by atoms with van der Waals surface area (Å²) in [6.07, 6.45) is 6.66. The molecule has 0 heterocycles. The average Bonchev–Trinajstić information content (AvgIpc) is 3.28. The number of nitro benzene ring substituents is 1. The zero-order valence-electron chi connectivity index (χ0n) is 12.2. The van der Waals surface area contributed by atoms with E-state index in [1.807, 2.05) is 4.90 Å². The summed E-state index contributed by atoms with van der Waals surface area (Å²) in [5.41, 5.74) is 0.844. The zero-order valence-corrected chi connectivity index (χ0v) is 12.2. The van der Waals surface area contributed by atoms with E-state index in [-0.39, 0.29) is 11.6 Å². The second kappa shape index (κ2) is 7.02. The smallest absolute Gasteiger partial charge is 0.269 e. The van der Waals surface area contributed by atoms with Gasteiger partial charge in [0.05, 0.1) is 4.92 Å². The number of rotatable bonds is 7. The summed E-state index contributed by atoms with van der Waals surface area (Å²) in [7, 11) is 0. The van der Waals surface area contributed by atoms with Crippen LogP contribution in [0.15, 0.2) is 30.3 Å². The number of hydrogen-bond acceptors (Lipinski definition) is 3. The Hall–Kier alpha value is -2.17. The molecule has 0 aliphatic heterocycles. The summed E-state index contributed by atoms with van der Waals surface area (Å²) >= 11 is 0. The van der Waals surface area contributed by atoms with Gasteiger partial charge in [0.25, 0.3) is 5.69 Å². The lowest BCUT2D eigenvalue weighted by molar-refractivity contribution is -0.384. The van der Waals surface area contributed by atoms with Gasteiger partial charge in [-0.15, -0.1) is 0 Å². The summed E-state index contributed by atoms with van der Waals surface area (Å²) in [6.45, 7) is 3.68. The highest BCUT2D eigenvalue weighted by molar-refractivity contribution is 5.91. The Morgan fingerprint density at radius 3 is 2.57 bits per heavy atom. The lowest BCUT2D eigenvalue weighted by atomic mass is 10.2. The minimum Gasteiger partial charge on any atom is -0.339 e. The van der Waals surface area contributed by atoms with Crippen LogP contribution in [-0.4, -0.2) is 28.8 Å². The van der Waals surface area contributed by atoms with Crippen LogP contribution in [0.3, 0.4) is 0 Å². The predicted octanol–water partition coefficient (Wildman–Crippen LogP) is 3.26. The van der Waals surface area contributed by atoms with Gasteiger partial charge >= 0.3 is 0 Å². The molecular weight excluding hydrogens is 268 g/mol. The number of amides is 1. The Balaban J connectivity index is 1.96. The molecule has 21 heavy (non-hydrogen) atoms. The lowest BCUT2D eigenvalue weighted by Crippen LogP contribution is -2.32. The maximum Gasteiger partial charge on any atom is 0.269 e. The molecule has 1 aromatic carbocycles. The Bertz CT molecular complexity index is 533. The topological polar surface area (TPSA) is 63.5 Å². The number of carbonyl (C=O) groups excluding carboxylic acids is 1. The highest BCUT2D eigenvalue weighted by Gasteiger charge is 2.25. The normalized spacial score (nSPS) is 14.3. The standard InChI is InChI=1S/C16H20N2O3/c1-2-11-17(12-14-3-4-14)16(19)10-7-13-5-8-15(9-6-13)18(20)21/h5-10,14H,2-4,11-12H2,1H3/b10-7+. The average molecular weight is 288 g/mol. The first-order valence-corrected chi connectivity index (χ1v) is 7.31. The largest absolute Gasteiger partial charge is 0.339 e. The van der Waals surface area contributed by atoms with Gasteiger partial charge in [0, 0.05) is 31.3 Å². The van der Waals surface area contributed by atoms with E-state index in [1.165, 1.54) is 25.0 Å². The molecule has 5 nitrogen and oxygen atoms in total. The van der Waals surface area contributed by atoms with E-state index in [0.29, 0.717) is 5.92 Å². The fourth-order valence-corrected chi connectivity index (χ4v) is 2.15. The first-order valence-electron chi connectivity index (χ1n) is 7.31. The van der Waals surface area contributed by atoms with Crippen LogP contribution < -0.4 is 0 Å². The summed E-state index contributed by atoms with van der Waals surface area (Å²) < 4.78 is 0.